The lowest BCUT2D eigenvalue weighted by atomic mass is 9.97. The van der Waals surface area contributed by atoms with Crippen LogP contribution in [0.15, 0.2) is 73.1 Å². The van der Waals surface area contributed by atoms with Gasteiger partial charge in [-0.15, -0.1) is 11.3 Å². The molecule has 0 spiro atoms. The number of aromatic nitrogens is 2. The molecule has 0 aliphatic rings. The van der Waals surface area contributed by atoms with Crippen molar-refractivity contribution in [1.29, 1.82) is 0 Å². The number of hydrogen-bond donors (Lipinski definition) is 1. The van der Waals surface area contributed by atoms with Gasteiger partial charge in [-0.2, -0.15) is 0 Å². The van der Waals surface area contributed by atoms with Crippen molar-refractivity contribution in [2.24, 2.45) is 5.41 Å². The summed E-state index contributed by atoms with van der Waals surface area (Å²) in [6.07, 6.45) is 4.47. The molecule has 2 aromatic carbocycles. The molecule has 0 radical (unpaired) electrons. The third kappa shape index (κ3) is 6.44. The average molecular weight is 454 g/mol. The average Bonchev–Trinajstić information content (AvgIpc) is 3.26. The zero-order valence-corrected chi connectivity index (χ0v) is 19.9. The van der Waals surface area contributed by atoms with E-state index in [1.54, 1.807) is 17.5 Å². The van der Waals surface area contributed by atoms with Gasteiger partial charge in [0, 0.05) is 35.4 Å². The van der Waals surface area contributed by atoms with Crippen molar-refractivity contribution >= 4 is 17.2 Å². The minimum Gasteiger partial charge on any atom is -0.485 e. The van der Waals surface area contributed by atoms with Crippen molar-refractivity contribution in [1.82, 2.24) is 9.97 Å². The van der Waals surface area contributed by atoms with Crippen LogP contribution in [0.3, 0.4) is 0 Å². The Morgan fingerprint density at radius 1 is 0.939 bits per heavy atom. The molecule has 0 saturated carbocycles. The molecule has 2 aromatic heterocycles. The molecular weight excluding hydrogens is 426 g/mol. The maximum atomic E-state index is 6.09. The van der Waals surface area contributed by atoms with Crippen molar-refractivity contribution in [2.45, 2.75) is 33.8 Å². The first kappa shape index (κ1) is 22.6. The van der Waals surface area contributed by atoms with Gasteiger partial charge in [-0.1, -0.05) is 54.3 Å². The lowest BCUT2D eigenvalue weighted by molar-refractivity contribution is 0.307. The highest BCUT2D eigenvalue weighted by Gasteiger charge is 2.10. The van der Waals surface area contributed by atoms with Gasteiger partial charge in [-0.25, -0.2) is 9.97 Å². The maximum Gasteiger partial charge on any atom is 0.166 e. The van der Waals surface area contributed by atoms with Gasteiger partial charge in [0.05, 0.1) is 9.88 Å². The summed E-state index contributed by atoms with van der Waals surface area (Å²) in [4.78, 5) is 9.97. The first-order chi connectivity index (χ1) is 15.9. The molecular formula is C28H27N3OS. The molecule has 2 heterocycles. The molecule has 0 amide bonds. The van der Waals surface area contributed by atoms with Crippen LogP contribution in [-0.4, -0.2) is 9.97 Å². The number of benzene rings is 2. The molecule has 166 valence electrons. The Balaban J connectivity index is 1.47. The van der Waals surface area contributed by atoms with Crippen LogP contribution in [0.5, 0.6) is 5.75 Å². The normalized spacial score (nSPS) is 11.0. The number of nitrogens with zero attached hydrogens (tertiary/aromatic N) is 2. The number of nitrogens with two attached hydrogens (primary N) is 1. The van der Waals surface area contributed by atoms with E-state index >= 15 is 0 Å². The third-order valence-corrected chi connectivity index (χ3v) is 5.87. The van der Waals surface area contributed by atoms with Gasteiger partial charge >= 0.3 is 0 Å². The third-order valence-electron chi connectivity index (χ3n) is 4.82. The Hall–Kier alpha value is -3.62. The second-order valence-corrected chi connectivity index (χ2v) is 9.99. The van der Waals surface area contributed by atoms with Gasteiger partial charge in [-0.3, -0.25) is 0 Å². The van der Waals surface area contributed by atoms with Gasteiger partial charge in [0.2, 0.25) is 0 Å². The quantitative estimate of drug-likeness (QED) is 0.345. The topological polar surface area (TPSA) is 61.0 Å². The highest BCUT2D eigenvalue weighted by atomic mass is 32.1. The molecule has 0 unspecified atom stereocenters. The Morgan fingerprint density at radius 3 is 2.52 bits per heavy atom. The smallest absolute Gasteiger partial charge is 0.166 e. The van der Waals surface area contributed by atoms with Crippen LogP contribution in [-0.2, 0) is 13.0 Å². The zero-order chi connectivity index (χ0) is 23.3. The molecule has 33 heavy (non-hydrogen) atoms. The number of thiazole rings is 1. The van der Waals surface area contributed by atoms with E-state index in [2.05, 4.69) is 54.7 Å². The van der Waals surface area contributed by atoms with Gasteiger partial charge in [-0.05, 0) is 50.1 Å². The number of anilines is 1. The van der Waals surface area contributed by atoms with Crippen LogP contribution in [0, 0.1) is 17.3 Å². The second kappa shape index (κ2) is 9.89. The standard InChI is InChI=1S/C28H27N3OS/c1-28(2,3)13-12-21-10-7-11-22(14-21)19-32-24-16-23(17-31-27(24)29)25-18-30-26(33-25)15-20-8-5-4-6-9-20/h4-11,14,16-18H,15,19H2,1-3H3,(H2,29,31). The number of rotatable bonds is 6. The van der Waals surface area contributed by atoms with Crippen LogP contribution >= 0.6 is 11.3 Å². The molecule has 4 nitrogen and oxygen atoms in total. The fourth-order valence-corrected chi connectivity index (χ4v) is 4.09. The summed E-state index contributed by atoms with van der Waals surface area (Å²) in [5, 5.41) is 1.06. The van der Waals surface area contributed by atoms with E-state index in [0.29, 0.717) is 18.2 Å². The Bertz CT molecular complexity index is 1290. The van der Waals surface area contributed by atoms with E-state index in [1.165, 1.54) is 5.56 Å². The SMILES string of the molecule is CC(C)(C)C#Cc1cccc(COc2cc(-c3cnc(Cc4ccccc4)s3)cnc2N)c1. The number of ether oxygens (including phenoxy) is 1. The molecule has 2 N–H and O–H groups in total. The van der Waals surface area contributed by atoms with Crippen molar-refractivity contribution in [3.05, 3.63) is 94.8 Å². The van der Waals surface area contributed by atoms with Crippen LogP contribution in [0.4, 0.5) is 5.82 Å². The molecule has 5 heteroatoms. The number of nitrogen functional groups attached to an aromatic ring is 1. The largest absolute Gasteiger partial charge is 0.485 e. The number of pyridine rings is 1. The first-order valence-electron chi connectivity index (χ1n) is 10.9. The van der Waals surface area contributed by atoms with Gasteiger partial charge in [0.25, 0.3) is 0 Å². The van der Waals surface area contributed by atoms with E-state index in [-0.39, 0.29) is 5.41 Å². The van der Waals surface area contributed by atoms with Crippen LogP contribution in [0.1, 0.15) is 42.5 Å². The molecule has 0 aliphatic heterocycles. The molecule has 0 atom stereocenters. The molecule has 0 aliphatic carbocycles. The predicted molar refractivity (Wildman–Crippen MR) is 136 cm³/mol. The molecule has 0 saturated heterocycles. The zero-order valence-electron chi connectivity index (χ0n) is 19.1. The van der Waals surface area contributed by atoms with E-state index in [0.717, 1.165) is 33.0 Å². The summed E-state index contributed by atoms with van der Waals surface area (Å²) < 4.78 is 6.04. The summed E-state index contributed by atoms with van der Waals surface area (Å²) in [6, 6.07) is 20.3. The van der Waals surface area contributed by atoms with Gasteiger partial charge in [0.1, 0.15) is 6.61 Å². The lowest BCUT2D eigenvalue weighted by Gasteiger charge is -2.10. The monoisotopic (exact) mass is 453 g/mol. The number of hydrogen-bond acceptors (Lipinski definition) is 5. The van der Waals surface area contributed by atoms with Gasteiger partial charge < -0.3 is 10.5 Å². The molecule has 4 aromatic rings. The van der Waals surface area contributed by atoms with E-state index in [4.69, 9.17) is 10.5 Å². The van der Waals surface area contributed by atoms with E-state index in [9.17, 15) is 0 Å². The second-order valence-electron chi connectivity index (χ2n) is 8.88. The summed E-state index contributed by atoms with van der Waals surface area (Å²) in [5.74, 6) is 7.44. The summed E-state index contributed by atoms with van der Waals surface area (Å²) in [7, 11) is 0. The van der Waals surface area contributed by atoms with E-state index < -0.39 is 0 Å². The van der Waals surface area contributed by atoms with Crippen LogP contribution in [0.25, 0.3) is 10.4 Å². The summed E-state index contributed by atoms with van der Waals surface area (Å²) in [5.41, 5.74) is 10.2. The highest BCUT2D eigenvalue weighted by Crippen LogP contribution is 2.31. The summed E-state index contributed by atoms with van der Waals surface area (Å²) in [6.45, 7) is 6.69. The predicted octanol–water partition coefficient (Wildman–Crippen LogP) is 6.35. The van der Waals surface area contributed by atoms with Gasteiger partial charge in [0.15, 0.2) is 11.6 Å². The first-order valence-corrected chi connectivity index (χ1v) is 11.7. The van der Waals surface area contributed by atoms with Crippen molar-refractivity contribution < 1.29 is 4.74 Å². The van der Waals surface area contributed by atoms with Crippen LogP contribution in [0.2, 0.25) is 0 Å². The fraction of sp³-hybridized carbons (Fsp3) is 0.214. The lowest BCUT2D eigenvalue weighted by Crippen LogP contribution is -2.01. The Labute approximate surface area is 199 Å². The molecule has 4 rings (SSSR count). The minimum atomic E-state index is -0.0370. The highest BCUT2D eigenvalue weighted by molar-refractivity contribution is 7.15. The minimum absolute atomic E-state index is 0.0370. The van der Waals surface area contributed by atoms with Crippen LogP contribution < -0.4 is 10.5 Å². The Kier molecular flexibility index (Phi) is 6.76. The van der Waals surface area contributed by atoms with Crippen molar-refractivity contribution in [2.75, 3.05) is 5.73 Å². The van der Waals surface area contributed by atoms with E-state index in [1.807, 2.05) is 54.7 Å². The molecule has 0 fully saturated rings. The molecule has 0 bridgehead atoms. The Morgan fingerprint density at radius 2 is 1.73 bits per heavy atom. The maximum absolute atomic E-state index is 6.09. The van der Waals surface area contributed by atoms with Crippen molar-refractivity contribution in [3.63, 3.8) is 0 Å². The fourth-order valence-electron chi connectivity index (χ4n) is 3.16. The summed E-state index contributed by atoms with van der Waals surface area (Å²) >= 11 is 1.66. The van der Waals surface area contributed by atoms with Crippen molar-refractivity contribution in [3.8, 4) is 28.0 Å².